The summed E-state index contributed by atoms with van der Waals surface area (Å²) < 4.78 is 6.70. The van der Waals surface area contributed by atoms with Crippen molar-refractivity contribution in [1.82, 2.24) is 0 Å². The highest BCUT2D eigenvalue weighted by atomic mass is 35.5. The lowest BCUT2D eigenvalue weighted by atomic mass is 9.76. The first-order chi connectivity index (χ1) is 8.23. The standard InChI is InChI=1S/C13H17ClO2S/c14-11-4-3-10(17-11)7-13(8-15)5-6-16-12(13)9-1-2-9/h3-4,9,12,15H,1-2,5-8H2. The number of halogens is 1. The van der Waals surface area contributed by atoms with Gasteiger partial charge in [-0.1, -0.05) is 11.6 Å². The van der Waals surface area contributed by atoms with E-state index in [4.69, 9.17) is 16.3 Å². The average Bonchev–Trinajstić information content (AvgIpc) is 2.96. The van der Waals surface area contributed by atoms with Crippen LogP contribution in [0.15, 0.2) is 12.1 Å². The zero-order valence-electron chi connectivity index (χ0n) is 9.69. The maximum absolute atomic E-state index is 9.82. The van der Waals surface area contributed by atoms with Crippen molar-refractivity contribution in [1.29, 1.82) is 0 Å². The molecule has 2 heterocycles. The zero-order valence-corrected chi connectivity index (χ0v) is 11.3. The normalized spacial score (nSPS) is 33.2. The van der Waals surface area contributed by atoms with Gasteiger partial charge in [0.05, 0.1) is 17.0 Å². The molecule has 1 aliphatic heterocycles. The first kappa shape index (κ1) is 12.0. The summed E-state index contributed by atoms with van der Waals surface area (Å²) in [6.45, 7) is 1.02. The highest BCUT2D eigenvalue weighted by Crippen LogP contribution is 2.49. The van der Waals surface area contributed by atoms with Crippen molar-refractivity contribution in [2.24, 2.45) is 11.3 Å². The van der Waals surface area contributed by atoms with Crippen LogP contribution >= 0.6 is 22.9 Å². The van der Waals surface area contributed by atoms with Crippen molar-refractivity contribution < 1.29 is 9.84 Å². The van der Waals surface area contributed by atoms with Crippen LogP contribution in [-0.2, 0) is 11.2 Å². The van der Waals surface area contributed by atoms with Gasteiger partial charge in [0.25, 0.3) is 0 Å². The maximum atomic E-state index is 9.82. The molecular weight excluding hydrogens is 256 g/mol. The molecule has 4 heteroatoms. The van der Waals surface area contributed by atoms with E-state index in [9.17, 15) is 5.11 Å². The van der Waals surface area contributed by atoms with Crippen molar-refractivity contribution >= 4 is 22.9 Å². The fourth-order valence-corrected chi connectivity index (χ4v) is 4.19. The number of hydrogen-bond donors (Lipinski definition) is 1. The summed E-state index contributed by atoms with van der Waals surface area (Å²) in [6.07, 6.45) is 4.66. The number of aliphatic hydroxyl groups excluding tert-OH is 1. The van der Waals surface area contributed by atoms with Crippen LogP contribution in [0.4, 0.5) is 0 Å². The van der Waals surface area contributed by atoms with Gasteiger partial charge in [0.1, 0.15) is 0 Å². The Morgan fingerprint density at radius 3 is 2.88 bits per heavy atom. The first-order valence-corrected chi connectivity index (χ1v) is 7.40. The molecule has 1 saturated carbocycles. The Balaban J connectivity index is 1.80. The van der Waals surface area contributed by atoms with Gasteiger partial charge in [-0.25, -0.2) is 0 Å². The third kappa shape index (κ3) is 2.26. The van der Waals surface area contributed by atoms with Crippen molar-refractivity contribution in [3.63, 3.8) is 0 Å². The second kappa shape index (κ2) is 4.54. The van der Waals surface area contributed by atoms with Crippen LogP contribution < -0.4 is 0 Å². The molecule has 0 radical (unpaired) electrons. The molecule has 2 aliphatic rings. The van der Waals surface area contributed by atoms with Crippen LogP contribution in [0.25, 0.3) is 0 Å². The molecule has 1 saturated heterocycles. The summed E-state index contributed by atoms with van der Waals surface area (Å²) in [5.74, 6) is 0.681. The predicted octanol–water partition coefficient (Wildman–Crippen LogP) is 3.12. The fourth-order valence-electron chi connectivity index (χ4n) is 2.95. The van der Waals surface area contributed by atoms with Gasteiger partial charge in [0, 0.05) is 16.9 Å². The Morgan fingerprint density at radius 2 is 2.29 bits per heavy atom. The quantitative estimate of drug-likeness (QED) is 0.913. The summed E-state index contributed by atoms with van der Waals surface area (Å²) >= 11 is 7.59. The van der Waals surface area contributed by atoms with Gasteiger partial charge >= 0.3 is 0 Å². The van der Waals surface area contributed by atoms with Gasteiger partial charge in [0.15, 0.2) is 0 Å². The van der Waals surface area contributed by atoms with Crippen LogP contribution in [0.3, 0.4) is 0 Å². The van der Waals surface area contributed by atoms with E-state index in [-0.39, 0.29) is 18.1 Å². The SMILES string of the molecule is OCC1(Cc2ccc(Cl)s2)CCOC1C1CC1. The molecule has 2 atom stereocenters. The van der Waals surface area contributed by atoms with E-state index >= 15 is 0 Å². The van der Waals surface area contributed by atoms with Gasteiger partial charge in [-0.3, -0.25) is 0 Å². The molecule has 0 amide bonds. The predicted molar refractivity (Wildman–Crippen MR) is 69.6 cm³/mol. The molecule has 1 aliphatic carbocycles. The molecule has 1 aromatic rings. The first-order valence-electron chi connectivity index (χ1n) is 6.20. The van der Waals surface area contributed by atoms with Crippen LogP contribution in [-0.4, -0.2) is 24.4 Å². The lowest BCUT2D eigenvalue weighted by Gasteiger charge is -2.32. The summed E-state index contributed by atoms with van der Waals surface area (Å²) in [5.41, 5.74) is -0.0602. The van der Waals surface area contributed by atoms with E-state index in [1.807, 2.05) is 6.07 Å². The monoisotopic (exact) mass is 272 g/mol. The minimum absolute atomic E-state index is 0.0602. The zero-order chi connectivity index (χ0) is 11.9. The van der Waals surface area contributed by atoms with Crippen molar-refractivity contribution in [3.05, 3.63) is 21.3 Å². The van der Waals surface area contributed by atoms with Crippen molar-refractivity contribution in [2.75, 3.05) is 13.2 Å². The molecule has 17 heavy (non-hydrogen) atoms. The minimum atomic E-state index is -0.0602. The Hall–Kier alpha value is -0.0900. The molecule has 94 valence electrons. The lowest BCUT2D eigenvalue weighted by molar-refractivity contribution is 0.000996. The molecule has 1 aromatic heterocycles. The number of hydrogen-bond acceptors (Lipinski definition) is 3. The van der Waals surface area contributed by atoms with E-state index in [2.05, 4.69) is 6.07 Å². The smallest absolute Gasteiger partial charge is 0.0931 e. The Bertz CT molecular complexity index is 402. The van der Waals surface area contributed by atoms with E-state index in [1.54, 1.807) is 11.3 Å². The van der Waals surface area contributed by atoms with Gasteiger partial charge in [-0.15, -0.1) is 11.3 Å². The van der Waals surface area contributed by atoms with Crippen LogP contribution in [0, 0.1) is 11.3 Å². The number of aliphatic hydroxyl groups is 1. The molecule has 3 rings (SSSR count). The van der Waals surface area contributed by atoms with Gasteiger partial charge in [0.2, 0.25) is 0 Å². The Morgan fingerprint density at radius 1 is 1.47 bits per heavy atom. The summed E-state index contributed by atoms with van der Waals surface area (Å²) in [5, 5.41) is 9.82. The van der Waals surface area contributed by atoms with E-state index in [1.165, 1.54) is 17.7 Å². The third-order valence-corrected chi connectivity index (χ3v) is 5.25. The van der Waals surface area contributed by atoms with Gasteiger partial charge in [-0.05, 0) is 43.7 Å². The van der Waals surface area contributed by atoms with Gasteiger partial charge in [-0.2, -0.15) is 0 Å². The molecule has 1 N–H and O–H groups in total. The fraction of sp³-hybridized carbons (Fsp3) is 0.692. The highest BCUT2D eigenvalue weighted by molar-refractivity contribution is 7.16. The average molecular weight is 273 g/mol. The molecule has 0 spiro atoms. The minimum Gasteiger partial charge on any atom is -0.396 e. The largest absolute Gasteiger partial charge is 0.396 e. The molecule has 2 unspecified atom stereocenters. The Labute approximate surface area is 111 Å². The van der Waals surface area contributed by atoms with Crippen LogP contribution in [0.1, 0.15) is 24.1 Å². The Kier molecular flexibility index (Phi) is 3.20. The molecule has 0 aromatic carbocycles. The molecule has 0 bridgehead atoms. The second-order valence-corrected chi connectivity index (χ2v) is 7.08. The van der Waals surface area contributed by atoms with Crippen molar-refractivity contribution in [3.8, 4) is 0 Å². The van der Waals surface area contributed by atoms with E-state index < -0.39 is 0 Å². The maximum Gasteiger partial charge on any atom is 0.0931 e. The van der Waals surface area contributed by atoms with Gasteiger partial charge < -0.3 is 9.84 Å². The highest BCUT2D eigenvalue weighted by Gasteiger charge is 2.50. The molecule has 2 fully saturated rings. The third-order valence-electron chi connectivity index (χ3n) is 4.02. The molecule has 2 nitrogen and oxygen atoms in total. The van der Waals surface area contributed by atoms with Crippen LogP contribution in [0.5, 0.6) is 0 Å². The second-order valence-electron chi connectivity index (χ2n) is 5.28. The van der Waals surface area contributed by atoms with E-state index in [0.29, 0.717) is 5.92 Å². The summed E-state index contributed by atoms with van der Waals surface area (Å²) in [6, 6.07) is 4.02. The summed E-state index contributed by atoms with van der Waals surface area (Å²) in [7, 11) is 0. The number of rotatable bonds is 4. The topological polar surface area (TPSA) is 29.5 Å². The number of ether oxygens (including phenoxy) is 1. The lowest BCUT2D eigenvalue weighted by Crippen LogP contribution is -2.38. The molecular formula is C13H17ClO2S. The summed E-state index contributed by atoms with van der Waals surface area (Å²) in [4.78, 5) is 1.26. The van der Waals surface area contributed by atoms with E-state index in [0.717, 1.165) is 23.8 Å². The van der Waals surface area contributed by atoms with Crippen LogP contribution in [0.2, 0.25) is 4.34 Å². The van der Waals surface area contributed by atoms with Crippen molar-refractivity contribution in [2.45, 2.75) is 31.8 Å². The number of thiophene rings is 1.